The van der Waals surface area contributed by atoms with Crippen molar-refractivity contribution in [3.05, 3.63) is 51.9 Å². The van der Waals surface area contributed by atoms with E-state index in [0.29, 0.717) is 44.5 Å². The Morgan fingerprint density at radius 1 is 1.27 bits per heavy atom. The number of hydrogen-bond donors (Lipinski definition) is 1. The predicted molar refractivity (Wildman–Crippen MR) is 121 cm³/mol. The van der Waals surface area contributed by atoms with E-state index >= 15 is 0 Å². The van der Waals surface area contributed by atoms with E-state index < -0.39 is 0 Å². The monoisotopic (exact) mass is 442 g/mol. The van der Waals surface area contributed by atoms with Crippen LogP contribution in [0, 0.1) is 12.3 Å². The lowest BCUT2D eigenvalue weighted by atomic mass is 10.2. The quantitative estimate of drug-likeness (QED) is 0.499. The number of amides is 1. The van der Waals surface area contributed by atoms with Crippen molar-refractivity contribution in [3.63, 3.8) is 0 Å². The smallest absolute Gasteiger partial charge is 0.264 e. The van der Waals surface area contributed by atoms with Gasteiger partial charge in [-0.05, 0) is 66.7 Å². The first-order valence-electron chi connectivity index (χ1n) is 9.00. The predicted octanol–water partition coefficient (Wildman–Crippen LogP) is 4.65. The lowest BCUT2D eigenvalue weighted by molar-refractivity contribution is -0.115. The molecule has 0 saturated carbocycles. The fourth-order valence-electron chi connectivity index (χ4n) is 2.59. The summed E-state index contributed by atoms with van der Waals surface area (Å²) >= 11 is 7.58. The van der Waals surface area contributed by atoms with Crippen LogP contribution in [-0.2, 0) is 4.79 Å². The van der Waals surface area contributed by atoms with Gasteiger partial charge in [-0.2, -0.15) is 0 Å². The molecule has 30 heavy (non-hydrogen) atoms. The van der Waals surface area contributed by atoms with Gasteiger partial charge in [0.1, 0.15) is 12.4 Å². The van der Waals surface area contributed by atoms with Crippen molar-refractivity contribution in [2.75, 3.05) is 20.3 Å². The summed E-state index contributed by atoms with van der Waals surface area (Å²) in [7, 11) is 1.60. The molecule has 1 aliphatic heterocycles. The molecule has 1 saturated heterocycles. The number of rotatable bonds is 7. The fourth-order valence-corrected chi connectivity index (χ4v) is 3.71. The molecule has 0 radical (unpaired) electrons. The number of carbonyl (C=O) groups excluding carboxylic acids is 1. The van der Waals surface area contributed by atoms with Crippen LogP contribution in [-0.4, -0.2) is 31.4 Å². The third-order valence-corrected chi connectivity index (χ3v) is 5.07. The number of aliphatic imine (C=N–C) groups is 1. The zero-order valence-corrected chi connectivity index (χ0v) is 18.0. The lowest BCUT2D eigenvalue weighted by Crippen LogP contribution is -2.19. The van der Waals surface area contributed by atoms with Crippen LogP contribution >= 0.6 is 23.4 Å². The largest absolute Gasteiger partial charge is 0.497 e. The molecule has 6 nitrogen and oxygen atoms in total. The SMILES string of the molecule is C#CCOc1c(Cl)cc(/C=C2\SC(=Nc3ccc(OC)cc3)NC2=O)cc1OCC. The van der Waals surface area contributed by atoms with Crippen molar-refractivity contribution in [1.29, 1.82) is 0 Å². The molecule has 0 spiro atoms. The zero-order valence-electron chi connectivity index (χ0n) is 16.4. The Morgan fingerprint density at radius 2 is 2.03 bits per heavy atom. The average molecular weight is 443 g/mol. The van der Waals surface area contributed by atoms with Gasteiger partial charge in [0, 0.05) is 0 Å². The maximum atomic E-state index is 12.4. The first-order valence-corrected chi connectivity index (χ1v) is 10.2. The second kappa shape index (κ2) is 10.1. The van der Waals surface area contributed by atoms with E-state index in [4.69, 9.17) is 32.2 Å². The normalized spacial score (nSPS) is 15.7. The molecule has 0 unspecified atom stereocenters. The molecule has 154 valence electrons. The van der Waals surface area contributed by atoms with Crippen LogP contribution in [0.5, 0.6) is 17.2 Å². The summed E-state index contributed by atoms with van der Waals surface area (Å²) in [6.45, 7) is 2.35. The average Bonchev–Trinajstić information content (AvgIpc) is 3.07. The first kappa shape index (κ1) is 21.6. The molecule has 1 N–H and O–H groups in total. The Hall–Kier alpha value is -3.08. The summed E-state index contributed by atoms with van der Waals surface area (Å²) in [6, 6.07) is 10.7. The molecule has 1 heterocycles. The van der Waals surface area contributed by atoms with E-state index in [1.165, 1.54) is 11.8 Å². The number of halogens is 1. The zero-order chi connectivity index (χ0) is 21.5. The number of nitrogens with one attached hydrogen (secondary N) is 1. The highest BCUT2D eigenvalue weighted by molar-refractivity contribution is 8.18. The van der Waals surface area contributed by atoms with Crippen LogP contribution in [0.4, 0.5) is 5.69 Å². The van der Waals surface area contributed by atoms with Crippen molar-refractivity contribution in [3.8, 4) is 29.6 Å². The number of methoxy groups -OCH3 is 1. The van der Waals surface area contributed by atoms with E-state index in [1.807, 2.05) is 19.1 Å². The second-order valence-corrected chi connectivity index (χ2v) is 7.37. The molecule has 1 fully saturated rings. The molecule has 0 atom stereocenters. The lowest BCUT2D eigenvalue weighted by Gasteiger charge is -2.13. The van der Waals surface area contributed by atoms with Gasteiger partial charge >= 0.3 is 0 Å². The Bertz CT molecular complexity index is 1040. The fraction of sp³-hybridized carbons (Fsp3) is 0.182. The molecule has 1 amide bonds. The van der Waals surface area contributed by atoms with Crippen LogP contribution in [0.1, 0.15) is 12.5 Å². The van der Waals surface area contributed by atoms with Crippen LogP contribution in [0.25, 0.3) is 6.08 Å². The van der Waals surface area contributed by atoms with Crippen molar-refractivity contribution in [1.82, 2.24) is 5.32 Å². The van der Waals surface area contributed by atoms with Crippen molar-refractivity contribution in [2.45, 2.75) is 6.92 Å². The van der Waals surface area contributed by atoms with E-state index in [0.717, 1.165) is 5.75 Å². The van der Waals surface area contributed by atoms with Gasteiger partial charge in [0.2, 0.25) is 0 Å². The molecule has 2 aromatic carbocycles. The number of amidine groups is 1. The van der Waals surface area contributed by atoms with E-state index in [2.05, 4.69) is 16.2 Å². The number of carbonyl (C=O) groups is 1. The summed E-state index contributed by atoms with van der Waals surface area (Å²) in [4.78, 5) is 17.3. The summed E-state index contributed by atoms with van der Waals surface area (Å²) in [5.74, 6) is 3.73. The van der Waals surface area contributed by atoms with Crippen LogP contribution in [0.2, 0.25) is 5.02 Å². The van der Waals surface area contributed by atoms with Gasteiger partial charge in [-0.3, -0.25) is 4.79 Å². The highest BCUT2D eigenvalue weighted by Gasteiger charge is 2.24. The number of benzene rings is 2. The van der Waals surface area contributed by atoms with Gasteiger partial charge in [-0.1, -0.05) is 17.5 Å². The van der Waals surface area contributed by atoms with E-state index in [9.17, 15) is 4.79 Å². The summed E-state index contributed by atoms with van der Waals surface area (Å²) in [6.07, 6.45) is 6.97. The molecule has 0 aromatic heterocycles. The number of hydrogen-bond acceptors (Lipinski definition) is 6. The van der Waals surface area contributed by atoms with Gasteiger partial charge in [0.05, 0.1) is 29.3 Å². The van der Waals surface area contributed by atoms with Crippen molar-refractivity contribution in [2.24, 2.45) is 4.99 Å². The van der Waals surface area contributed by atoms with Gasteiger partial charge in [0.15, 0.2) is 16.7 Å². The van der Waals surface area contributed by atoms with Crippen LogP contribution in [0.15, 0.2) is 46.3 Å². The van der Waals surface area contributed by atoms with E-state index in [-0.39, 0.29) is 12.5 Å². The van der Waals surface area contributed by atoms with Crippen molar-refractivity contribution >= 4 is 46.2 Å². The minimum atomic E-state index is -0.242. The number of thioether (sulfide) groups is 1. The van der Waals surface area contributed by atoms with Crippen LogP contribution in [0.3, 0.4) is 0 Å². The summed E-state index contributed by atoms with van der Waals surface area (Å²) < 4.78 is 16.2. The Labute approximate surface area is 184 Å². The number of terminal acetylenes is 1. The van der Waals surface area contributed by atoms with Gasteiger partial charge in [-0.25, -0.2) is 4.99 Å². The Morgan fingerprint density at radius 3 is 2.70 bits per heavy atom. The van der Waals surface area contributed by atoms with Gasteiger partial charge in [0.25, 0.3) is 5.91 Å². The first-order chi connectivity index (χ1) is 14.5. The van der Waals surface area contributed by atoms with Gasteiger partial charge < -0.3 is 19.5 Å². The molecular formula is C22H19ClN2O4S. The third kappa shape index (κ3) is 5.29. The van der Waals surface area contributed by atoms with Crippen molar-refractivity contribution < 1.29 is 19.0 Å². The molecule has 2 aromatic rings. The minimum Gasteiger partial charge on any atom is -0.497 e. The molecule has 1 aliphatic rings. The second-order valence-electron chi connectivity index (χ2n) is 5.94. The minimum absolute atomic E-state index is 0.0731. The molecule has 0 aliphatic carbocycles. The molecule has 8 heteroatoms. The van der Waals surface area contributed by atoms with Crippen LogP contribution < -0.4 is 19.5 Å². The highest BCUT2D eigenvalue weighted by Crippen LogP contribution is 2.38. The third-order valence-electron chi connectivity index (χ3n) is 3.88. The molecule has 3 rings (SSSR count). The highest BCUT2D eigenvalue weighted by atomic mass is 35.5. The molecule has 0 bridgehead atoms. The summed E-state index contributed by atoms with van der Waals surface area (Å²) in [5.41, 5.74) is 1.40. The van der Waals surface area contributed by atoms with Gasteiger partial charge in [-0.15, -0.1) is 6.42 Å². The number of ether oxygens (including phenoxy) is 3. The molecular weight excluding hydrogens is 424 g/mol. The maximum Gasteiger partial charge on any atom is 0.264 e. The Balaban J connectivity index is 1.84. The topological polar surface area (TPSA) is 69.2 Å². The maximum absolute atomic E-state index is 12.4. The number of nitrogens with zero attached hydrogens (tertiary/aromatic N) is 1. The standard InChI is InChI=1S/C22H19ClN2O4S/c1-4-10-29-20-17(23)11-14(12-18(20)28-5-2)13-19-21(26)25-22(30-19)24-15-6-8-16(27-3)9-7-15/h1,6-9,11-13H,5,10H2,2-3H3,(H,24,25,26)/b19-13-. The van der Waals surface area contributed by atoms with E-state index in [1.54, 1.807) is 37.5 Å². The summed E-state index contributed by atoms with van der Waals surface area (Å²) in [5, 5.41) is 3.59. The Kier molecular flexibility index (Phi) is 7.28.